The number of carboxylic acid groups (broad SMARTS) is 1. The monoisotopic (exact) mass is 718 g/mol. The number of unbranched alkanes of at least 4 members (excludes halogenated alkanes) is 2. The first-order valence-electron chi connectivity index (χ1n) is 17.4. The molecule has 16 nitrogen and oxygen atoms in total. The molecule has 0 fully saturated rings. The lowest BCUT2D eigenvalue weighted by Crippen LogP contribution is -2.59. The molecule has 0 aliphatic heterocycles. The average molecular weight is 719 g/mol. The number of phenols is 1. The van der Waals surface area contributed by atoms with E-state index in [2.05, 4.69) is 33.2 Å². The number of nitrogens with one attached hydrogen (secondary N) is 5. The molecule has 0 saturated carbocycles. The number of hydrogen-bond donors (Lipinski definition) is 10. The van der Waals surface area contributed by atoms with Gasteiger partial charge in [0.2, 0.25) is 29.5 Å². The van der Waals surface area contributed by atoms with Crippen LogP contribution in [0.5, 0.6) is 5.75 Å². The number of rotatable bonds is 25. The molecule has 6 atom stereocenters. The van der Waals surface area contributed by atoms with Gasteiger partial charge in [0.25, 0.3) is 0 Å². The van der Waals surface area contributed by atoms with Gasteiger partial charge in [-0.05, 0) is 95.0 Å². The predicted octanol–water partition coefficient (Wildman–Crippen LogP) is -0.329. The number of amides is 5. The third-order valence-corrected chi connectivity index (χ3v) is 7.94. The van der Waals surface area contributed by atoms with E-state index >= 15 is 0 Å². The number of phenolic OH excluding ortho intramolecular Hbond substituents is 1. The fraction of sp³-hybridized carbons (Fsp3) is 0.600. The van der Waals surface area contributed by atoms with Crippen molar-refractivity contribution >= 4 is 35.5 Å². The van der Waals surface area contributed by atoms with E-state index in [9.17, 15) is 39.0 Å². The molecular weight excluding hydrogens is 660 g/mol. The number of carbonyl (C=O) groups excluding carboxylic acids is 5. The van der Waals surface area contributed by atoms with Crippen LogP contribution in [0.3, 0.4) is 0 Å². The minimum Gasteiger partial charge on any atom is -0.508 e. The van der Waals surface area contributed by atoms with E-state index in [4.69, 9.17) is 17.2 Å². The van der Waals surface area contributed by atoms with Gasteiger partial charge < -0.3 is 54.0 Å². The Balaban J connectivity index is 3.29. The highest BCUT2D eigenvalue weighted by molar-refractivity contribution is 5.96. The van der Waals surface area contributed by atoms with Crippen molar-refractivity contribution in [3.05, 3.63) is 42.5 Å². The Morgan fingerprint density at radius 3 is 1.57 bits per heavy atom. The molecule has 0 unspecified atom stereocenters. The molecule has 13 N–H and O–H groups in total. The van der Waals surface area contributed by atoms with Gasteiger partial charge in [-0.15, -0.1) is 6.58 Å². The lowest BCUT2D eigenvalue weighted by atomic mass is 10.0. The summed E-state index contributed by atoms with van der Waals surface area (Å²) in [4.78, 5) is 78.5. The minimum absolute atomic E-state index is 0.00766. The highest BCUT2D eigenvalue weighted by atomic mass is 16.4. The summed E-state index contributed by atoms with van der Waals surface area (Å²) in [7, 11) is 0. The number of aliphatic carboxylic acids is 1. The van der Waals surface area contributed by atoms with Gasteiger partial charge in [-0.1, -0.05) is 32.1 Å². The quantitative estimate of drug-likeness (QED) is 0.0462. The highest BCUT2D eigenvalue weighted by Gasteiger charge is 2.32. The Bertz CT molecular complexity index is 1290. The summed E-state index contributed by atoms with van der Waals surface area (Å²) in [6.07, 6.45) is 4.03. The Morgan fingerprint density at radius 2 is 1.12 bits per heavy atom. The molecule has 0 aliphatic carbocycles. The van der Waals surface area contributed by atoms with E-state index in [0.717, 1.165) is 0 Å². The van der Waals surface area contributed by atoms with Gasteiger partial charge in [-0.2, -0.15) is 0 Å². The molecule has 0 radical (unpaired) electrons. The van der Waals surface area contributed by atoms with Crippen LogP contribution in [0.2, 0.25) is 0 Å². The van der Waals surface area contributed by atoms with Crippen LogP contribution in [-0.4, -0.2) is 95.1 Å². The Morgan fingerprint density at radius 1 is 0.686 bits per heavy atom. The highest BCUT2D eigenvalue weighted by Crippen LogP contribution is 2.13. The zero-order chi connectivity index (χ0) is 38.5. The maximum absolute atomic E-state index is 13.7. The van der Waals surface area contributed by atoms with E-state index < -0.39 is 71.8 Å². The largest absolute Gasteiger partial charge is 0.508 e. The Labute approximate surface area is 300 Å². The zero-order valence-electron chi connectivity index (χ0n) is 30.0. The molecular formula is C35H58N8O8. The average Bonchev–Trinajstić information content (AvgIpc) is 3.07. The number of hydrogen-bond acceptors (Lipinski definition) is 10. The molecule has 1 aromatic rings. The smallest absolute Gasteiger partial charge is 0.326 e. The van der Waals surface area contributed by atoms with E-state index in [1.165, 1.54) is 25.1 Å². The van der Waals surface area contributed by atoms with Crippen LogP contribution in [0.15, 0.2) is 36.9 Å². The second kappa shape index (κ2) is 23.8. The molecule has 16 heteroatoms. The summed E-state index contributed by atoms with van der Waals surface area (Å²) >= 11 is 0. The molecule has 1 rings (SSSR count). The van der Waals surface area contributed by atoms with Crippen LogP contribution >= 0.6 is 0 Å². The fourth-order valence-corrected chi connectivity index (χ4v) is 5.08. The van der Waals surface area contributed by atoms with Crippen LogP contribution in [0.25, 0.3) is 0 Å². The zero-order valence-corrected chi connectivity index (χ0v) is 30.0. The fourth-order valence-electron chi connectivity index (χ4n) is 5.08. The summed E-state index contributed by atoms with van der Waals surface area (Å²) in [6.45, 7) is 9.52. The molecule has 0 heterocycles. The van der Waals surface area contributed by atoms with Gasteiger partial charge in [0, 0.05) is 6.42 Å². The Hall–Kier alpha value is -4.54. The van der Waals surface area contributed by atoms with Crippen molar-refractivity contribution in [1.29, 1.82) is 0 Å². The SMILES string of the molecule is C=CC[C@H](NC(=O)[C@H](CCCCN)NC(=O)[C@H](CCCCN)NC(=O)[C@@H](C)N)C(=O)N[C@@H](Cc1ccc(O)cc1)C(=O)N[C@@H](CC(C)C)C(=O)O. The minimum atomic E-state index is -1.26. The van der Waals surface area contributed by atoms with Crippen molar-refractivity contribution in [2.75, 3.05) is 13.1 Å². The first-order chi connectivity index (χ1) is 24.1. The lowest BCUT2D eigenvalue weighted by Gasteiger charge is -2.27. The molecule has 0 aromatic heterocycles. The van der Waals surface area contributed by atoms with Crippen molar-refractivity contribution in [2.45, 2.75) is 115 Å². The molecule has 0 saturated heterocycles. The second-order valence-corrected chi connectivity index (χ2v) is 13.0. The molecule has 51 heavy (non-hydrogen) atoms. The van der Waals surface area contributed by atoms with Crippen molar-refractivity contribution in [1.82, 2.24) is 26.6 Å². The molecule has 1 aromatic carbocycles. The maximum Gasteiger partial charge on any atom is 0.326 e. The molecule has 0 aliphatic rings. The summed E-state index contributed by atoms with van der Waals surface area (Å²) in [5.74, 6) is -4.65. The van der Waals surface area contributed by atoms with Crippen LogP contribution in [0.1, 0.15) is 77.7 Å². The van der Waals surface area contributed by atoms with E-state index in [1.54, 1.807) is 12.1 Å². The van der Waals surface area contributed by atoms with Crippen molar-refractivity contribution in [3.8, 4) is 5.75 Å². The van der Waals surface area contributed by atoms with E-state index in [1.807, 2.05) is 13.8 Å². The Kier molecular flexibility index (Phi) is 20.7. The standard InChI is InChI=1S/C35H58N8O8/c1-5-10-25(31(46)42-28(20-23-13-15-24(44)16-14-23)34(49)43-29(35(50)51)19-21(2)3)40-33(48)27(12-7-9-18-37)41-32(47)26(11-6-8-17-36)39-30(45)22(4)38/h5,13-16,21-22,25-29,44H,1,6-12,17-20,36-38H2,2-4H3,(H,39,45)(H,40,48)(H,41,47)(H,42,46)(H,43,49)(H,50,51)/t22-,25+,26+,27+,28+,29+/m1/s1. The number of carbonyl (C=O) groups is 6. The van der Waals surface area contributed by atoms with Crippen LogP contribution in [-0.2, 0) is 35.2 Å². The van der Waals surface area contributed by atoms with Gasteiger partial charge in [0.15, 0.2) is 0 Å². The first kappa shape index (κ1) is 44.5. The topological polar surface area (TPSA) is 281 Å². The van der Waals surface area contributed by atoms with Crippen molar-refractivity contribution < 1.29 is 39.0 Å². The van der Waals surface area contributed by atoms with Crippen LogP contribution < -0.4 is 43.8 Å². The maximum atomic E-state index is 13.7. The molecule has 0 bridgehead atoms. The molecule has 5 amide bonds. The third-order valence-electron chi connectivity index (χ3n) is 7.94. The summed E-state index contributed by atoms with van der Waals surface area (Å²) in [5.41, 5.74) is 17.5. The van der Waals surface area contributed by atoms with Gasteiger partial charge >= 0.3 is 5.97 Å². The van der Waals surface area contributed by atoms with Gasteiger partial charge in [-0.3, -0.25) is 24.0 Å². The predicted molar refractivity (Wildman–Crippen MR) is 193 cm³/mol. The van der Waals surface area contributed by atoms with Crippen LogP contribution in [0.4, 0.5) is 0 Å². The number of carboxylic acids is 1. The summed E-state index contributed by atoms with van der Waals surface area (Å²) < 4.78 is 0. The van der Waals surface area contributed by atoms with Crippen LogP contribution in [0, 0.1) is 5.92 Å². The van der Waals surface area contributed by atoms with E-state index in [0.29, 0.717) is 44.3 Å². The lowest BCUT2D eigenvalue weighted by molar-refractivity contribution is -0.142. The van der Waals surface area contributed by atoms with Gasteiger partial charge in [0.05, 0.1) is 6.04 Å². The number of aromatic hydroxyl groups is 1. The summed E-state index contributed by atoms with van der Waals surface area (Å²) in [5, 5.41) is 32.5. The second-order valence-electron chi connectivity index (χ2n) is 13.0. The van der Waals surface area contributed by atoms with Crippen molar-refractivity contribution in [3.63, 3.8) is 0 Å². The van der Waals surface area contributed by atoms with Gasteiger partial charge in [-0.25, -0.2) is 4.79 Å². The molecule has 0 spiro atoms. The van der Waals surface area contributed by atoms with Gasteiger partial charge in [0.1, 0.15) is 36.0 Å². The first-order valence-corrected chi connectivity index (χ1v) is 17.4. The normalized spacial score (nSPS) is 14.6. The molecule has 286 valence electrons. The number of benzene rings is 1. The number of nitrogens with two attached hydrogens (primary N) is 3. The van der Waals surface area contributed by atoms with Crippen molar-refractivity contribution in [2.24, 2.45) is 23.1 Å². The summed E-state index contributed by atoms with van der Waals surface area (Å²) in [6, 6.07) is -0.744. The third kappa shape index (κ3) is 17.3. The van der Waals surface area contributed by atoms with E-state index in [-0.39, 0.29) is 43.8 Å².